The predicted molar refractivity (Wildman–Crippen MR) is 134 cm³/mol. The maximum absolute atomic E-state index is 12.8. The summed E-state index contributed by atoms with van der Waals surface area (Å²) in [6.07, 6.45) is 3.33. The molecule has 1 aliphatic rings. The van der Waals surface area contributed by atoms with Gasteiger partial charge < -0.3 is 24.4 Å². The zero-order valence-corrected chi connectivity index (χ0v) is 20.8. The van der Waals surface area contributed by atoms with Crippen molar-refractivity contribution in [2.75, 3.05) is 26.1 Å². The molecule has 2 heterocycles. The molecule has 1 aliphatic heterocycles. The van der Waals surface area contributed by atoms with E-state index in [0.717, 1.165) is 17.0 Å². The van der Waals surface area contributed by atoms with Crippen molar-refractivity contribution in [1.82, 2.24) is 4.98 Å². The second kappa shape index (κ2) is 10.4. The molecule has 0 fully saturated rings. The van der Waals surface area contributed by atoms with Gasteiger partial charge in [-0.1, -0.05) is 40.5 Å². The monoisotopic (exact) mass is 515 g/mol. The Labute approximate surface area is 212 Å². The minimum atomic E-state index is -0.709. The van der Waals surface area contributed by atoms with Crippen molar-refractivity contribution in [2.24, 2.45) is 5.16 Å². The van der Waals surface area contributed by atoms with Crippen LogP contribution in [0.15, 0.2) is 60.0 Å². The number of halogens is 2. The highest BCUT2D eigenvalue weighted by Crippen LogP contribution is 2.34. The number of benzene rings is 2. The molecule has 0 aliphatic carbocycles. The number of hydrogen-bond donors (Lipinski definition) is 1. The molecular weight excluding hydrogens is 493 g/mol. The fraction of sp³-hybridized carbons (Fsp3) is 0.240. The van der Waals surface area contributed by atoms with E-state index in [4.69, 9.17) is 42.3 Å². The fourth-order valence-electron chi connectivity index (χ4n) is 3.50. The Morgan fingerprint density at radius 1 is 1.09 bits per heavy atom. The molecule has 0 saturated heterocycles. The highest BCUT2D eigenvalue weighted by molar-refractivity contribution is 6.39. The van der Waals surface area contributed by atoms with Crippen LogP contribution in [0.25, 0.3) is 0 Å². The minimum Gasteiger partial charge on any atom is -0.497 e. The Kier molecular flexibility index (Phi) is 7.33. The van der Waals surface area contributed by atoms with Crippen LogP contribution in [0.3, 0.4) is 0 Å². The molecule has 0 saturated carbocycles. The average molecular weight is 516 g/mol. The summed E-state index contributed by atoms with van der Waals surface area (Å²) in [4.78, 5) is 22.5. The number of ether oxygens (including phenoxy) is 3. The standard InChI is InChI=1S/C25H23Cl2N3O5/c1-25(11-20(30-35-25)15-5-4-6-17(9-15)32-2)14-34-22-10-16(7-8-21(22)33-3)24(31)29-23-18(26)12-28-13-19(23)27/h4-10,12-13H,11,14H2,1-3H3,(H,28,29,31). The van der Waals surface area contributed by atoms with E-state index in [-0.39, 0.29) is 22.3 Å². The summed E-state index contributed by atoms with van der Waals surface area (Å²) in [6.45, 7) is 2.08. The Morgan fingerprint density at radius 2 is 1.86 bits per heavy atom. The third kappa shape index (κ3) is 5.61. The molecule has 1 N–H and O–H groups in total. The smallest absolute Gasteiger partial charge is 0.255 e. The summed E-state index contributed by atoms with van der Waals surface area (Å²) in [6, 6.07) is 12.5. The molecule has 182 valence electrons. The summed E-state index contributed by atoms with van der Waals surface area (Å²) in [5.41, 5.74) is 1.61. The SMILES string of the molecule is COc1cccc(C2=NOC(C)(COc3cc(C(=O)Nc4c(Cl)cncc4Cl)ccc3OC)C2)c1. The molecule has 1 amide bonds. The summed E-state index contributed by atoms with van der Waals surface area (Å²) < 4.78 is 16.7. The molecule has 1 atom stereocenters. The van der Waals surface area contributed by atoms with Gasteiger partial charge in [0.25, 0.3) is 5.91 Å². The molecule has 35 heavy (non-hydrogen) atoms. The number of amides is 1. The third-order valence-corrected chi connectivity index (χ3v) is 5.94. The number of aromatic nitrogens is 1. The van der Waals surface area contributed by atoms with Crippen LogP contribution in [0.2, 0.25) is 10.0 Å². The highest BCUT2D eigenvalue weighted by atomic mass is 35.5. The second-order valence-electron chi connectivity index (χ2n) is 8.07. The van der Waals surface area contributed by atoms with Crippen molar-refractivity contribution in [2.45, 2.75) is 18.9 Å². The molecule has 0 bridgehead atoms. The van der Waals surface area contributed by atoms with Crippen molar-refractivity contribution in [1.29, 1.82) is 0 Å². The lowest BCUT2D eigenvalue weighted by Crippen LogP contribution is -2.33. The quantitative estimate of drug-likeness (QED) is 0.418. The number of carbonyl (C=O) groups is 1. The number of hydrogen-bond acceptors (Lipinski definition) is 7. The van der Waals surface area contributed by atoms with Crippen molar-refractivity contribution in [3.05, 3.63) is 76.0 Å². The van der Waals surface area contributed by atoms with Gasteiger partial charge in [-0.25, -0.2) is 0 Å². The van der Waals surface area contributed by atoms with Gasteiger partial charge in [0.15, 0.2) is 17.1 Å². The molecule has 1 aromatic heterocycles. The van der Waals surface area contributed by atoms with Crippen molar-refractivity contribution >= 4 is 40.5 Å². The number of rotatable bonds is 8. The lowest BCUT2D eigenvalue weighted by molar-refractivity contribution is -0.0361. The van der Waals surface area contributed by atoms with Gasteiger partial charge in [0.05, 0.1) is 35.7 Å². The second-order valence-corrected chi connectivity index (χ2v) is 8.89. The molecule has 2 aromatic carbocycles. The Bertz CT molecular complexity index is 1260. The summed E-state index contributed by atoms with van der Waals surface area (Å²) >= 11 is 12.2. The number of carbonyl (C=O) groups excluding carboxylic acids is 1. The van der Waals surface area contributed by atoms with Gasteiger partial charge >= 0.3 is 0 Å². The molecule has 0 radical (unpaired) electrons. The van der Waals surface area contributed by atoms with Crippen LogP contribution in [-0.2, 0) is 4.84 Å². The third-order valence-electron chi connectivity index (χ3n) is 5.37. The fourth-order valence-corrected chi connectivity index (χ4v) is 3.96. The van der Waals surface area contributed by atoms with Crippen molar-refractivity contribution < 1.29 is 23.8 Å². The molecule has 10 heteroatoms. The van der Waals surface area contributed by atoms with Gasteiger partial charge in [-0.2, -0.15) is 0 Å². The van der Waals surface area contributed by atoms with Crippen LogP contribution < -0.4 is 19.5 Å². The predicted octanol–water partition coefficient (Wildman–Crippen LogP) is 5.62. The van der Waals surface area contributed by atoms with Gasteiger partial charge in [-0.3, -0.25) is 9.78 Å². The van der Waals surface area contributed by atoms with E-state index in [1.165, 1.54) is 19.5 Å². The average Bonchev–Trinajstić information content (AvgIpc) is 3.27. The maximum Gasteiger partial charge on any atom is 0.255 e. The summed E-state index contributed by atoms with van der Waals surface area (Å²) in [5, 5.41) is 7.42. The van der Waals surface area contributed by atoms with Gasteiger partial charge in [0.1, 0.15) is 12.4 Å². The number of anilines is 1. The Balaban J connectivity index is 1.46. The topological polar surface area (TPSA) is 91.3 Å². The first-order valence-corrected chi connectivity index (χ1v) is 11.4. The van der Waals surface area contributed by atoms with E-state index in [9.17, 15) is 4.79 Å². The number of nitrogens with one attached hydrogen (secondary N) is 1. The normalized spacial score (nSPS) is 16.8. The highest BCUT2D eigenvalue weighted by Gasteiger charge is 2.36. The first-order chi connectivity index (χ1) is 16.8. The molecule has 1 unspecified atom stereocenters. The van der Waals surface area contributed by atoms with Crippen LogP contribution >= 0.6 is 23.2 Å². The Hall–Kier alpha value is -3.49. The molecule has 8 nitrogen and oxygen atoms in total. The molecular formula is C25H23Cl2N3O5. The van der Waals surface area contributed by atoms with Gasteiger partial charge in [0, 0.05) is 29.9 Å². The van der Waals surface area contributed by atoms with E-state index >= 15 is 0 Å². The number of nitrogens with zero attached hydrogens (tertiary/aromatic N) is 2. The van der Waals surface area contributed by atoms with E-state index in [1.807, 2.05) is 31.2 Å². The summed E-state index contributed by atoms with van der Waals surface area (Å²) in [5.74, 6) is 1.17. The van der Waals surface area contributed by atoms with Crippen molar-refractivity contribution in [3.63, 3.8) is 0 Å². The van der Waals surface area contributed by atoms with E-state index in [0.29, 0.717) is 23.5 Å². The lowest BCUT2D eigenvalue weighted by Gasteiger charge is -2.22. The van der Waals surface area contributed by atoms with Crippen LogP contribution in [0.1, 0.15) is 29.3 Å². The number of oxime groups is 1. The first-order valence-electron chi connectivity index (χ1n) is 10.6. The Morgan fingerprint density at radius 3 is 2.57 bits per heavy atom. The van der Waals surface area contributed by atoms with Gasteiger partial charge in [-0.15, -0.1) is 0 Å². The van der Waals surface area contributed by atoms with Gasteiger partial charge in [0.2, 0.25) is 0 Å². The van der Waals surface area contributed by atoms with Crippen LogP contribution in [0.5, 0.6) is 17.2 Å². The molecule has 3 aromatic rings. The van der Waals surface area contributed by atoms with Crippen LogP contribution in [0.4, 0.5) is 5.69 Å². The minimum absolute atomic E-state index is 0.174. The maximum atomic E-state index is 12.8. The number of methoxy groups -OCH3 is 2. The van der Waals surface area contributed by atoms with Crippen LogP contribution in [0, 0.1) is 0 Å². The number of pyridine rings is 1. The first kappa shape index (κ1) is 24.6. The van der Waals surface area contributed by atoms with E-state index in [1.54, 1.807) is 25.3 Å². The van der Waals surface area contributed by atoms with E-state index < -0.39 is 11.5 Å². The van der Waals surface area contributed by atoms with Crippen molar-refractivity contribution in [3.8, 4) is 17.2 Å². The molecule has 4 rings (SSSR count). The molecule has 0 spiro atoms. The van der Waals surface area contributed by atoms with Gasteiger partial charge in [-0.05, 0) is 37.3 Å². The summed E-state index contributed by atoms with van der Waals surface area (Å²) in [7, 11) is 3.14. The van der Waals surface area contributed by atoms with E-state index in [2.05, 4.69) is 15.5 Å². The zero-order chi connectivity index (χ0) is 25.0. The zero-order valence-electron chi connectivity index (χ0n) is 19.3. The van der Waals surface area contributed by atoms with Crippen LogP contribution in [-0.4, -0.2) is 43.0 Å². The lowest BCUT2D eigenvalue weighted by atomic mass is 9.96. The largest absolute Gasteiger partial charge is 0.497 e.